The molecule has 6 nitrogen and oxygen atoms in total. The Morgan fingerprint density at radius 3 is 2.52 bits per heavy atom. The van der Waals surface area contributed by atoms with Crippen LogP contribution in [-0.2, 0) is 26.1 Å². The van der Waals surface area contributed by atoms with Crippen molar-refractivity contribution in [3.8, 4) is 0 Å². The van der Waals surface area contributed by atoms with E-state index in [4.69, 9.17) is 16.3 Å². The SMILES string of the molecule is CCOCCCNC(=O)CN(Cc1ccccc1Cl)S(=O)(=O)c1ccc(Br)cc1. The van der Waals surface area contributed by atoms with E-state index in [9.17, 15) is 13.2 Å². The van der Waals surface area contributed by atoms with Crippen molar-refractivity contribution in [1.29, 1.82) is 0 Å². The lowest BCUT2D eigenvalue weighted by atomic mass is 10.2. The number of halogens is 2. The van der Waals surface area contributed by atoms with Crippen LogP contribution in [-0.4, -0.2) is 44.9 Å². The van der Waals surface area contributed by atoms with E-state index in [-0.39, 0.29) is 23.9 Å². The zero-order valence-corrected chi connectivity index (χ0v) is 19.3. The average Bonchev–Trinajstić information content (AvgIpc) is 2.69. The minimum absolute atomic E-state index is 0.00949. The predicted octanol–water partition coefficient (Wildman–Crippen LogP) is 3.84. The van der Waals surface area contributed by atoms with Crippen molar-refractivity contribution in [1.82, 2.24) is 9.62 Å². The van der Waals surface area contributed by atoms with Crippen LogP contribution in [0.1, 0.15) is 18.9 Å². The molecule has 2 rings (SSSR count). The van der Waals surface area contributed by atoms with E-state index in [1.807, 2.05) is 6.92 Å². The summed E-state index contributed by atoms with van der Waals surface area (Å²) in [6.07, 6.45) is 0.656. The summed E-state index contributed by atoms with van der Waals surface area (Å²) < 4.78 is 33.5. The highest BCUT2D eigenvalue weighted by Gasteiger charge is 2.27. The molecule has 1 amide bonds. The van der Waals surface area contributed by atoms with Gasteiger partial charge < -0.3 is 10.1 Å². The quantitative estimate of drug-likeness (QED) is 0.473. The van der Waals surface area contributed by atoms with Gasteiger partial charge in [0.15, 0.2) is 0 Å². The van der Waals surface area contributed by atoms with E-state index in [0.717, 1.165) is 8.78 Å². The first-order valence-electron chi connectivity index (χ1n) is 9.18. The van der Waals surface area contributed by atoms with Crippen molar-refractivity contribution < 1.29 is 17.9 Å². The maximum absolute atomic E-state index is 13.2. The van der Waals surface area contributed by atoms with Gasteiger partial charge >= 0.3 is 0 Å². The fourth-order valence-corrected chi connectivity index (χ4v) is 4.39. The molecule has 0 radical (unpaired) electrons. The number of sulfonamides is 1. The van der Waals surface area contributed by atoms with Gasteiger partial charge in [-0.1, -0.05) is 45.7 Å². The molecule has 2 aromatic rings. The average molecular weight is 504 g/mol. The van der Waals surface area contributed by atoms with Crippen molar-refractivity contribution in [2.75, 3.05) is 26.3 Å². The lowest BCUT2D eigenvalue weighted by Crippen LogP contribution is -2.40. The number of ether oxygens (including phenoxy) is 1. The van der Waals surface area contributed by atoms with Crippen molar-refractivity contribution in [3.05, 3.63) is 63.6 Å². The zero-order chi connectivity index (χ0) is 21.3. The Labute approximate surface area is 185 Å². The van der Waals surface area contributed by atoms with Crippen molar-refractivity contribution in [2.45, 2.75) is 24.8 Å². The first-order valence-corrected chi connectivity index (χ1v) is 11.8. The fourth-order valence-electron chi connectivity index (χ4n) is 2.56. The summed E-state index contributed by atoms with van der Waals surface area (Å²) in [5.74, 6) is -0.380. The van der Waals surface area contributed by atoms with Crippen LogP contribution in [0.4, 0.5) is 0 Å². The van der Waals surface area contributed by atoms with Gasteiger partial charge in [0.05, 0.1) is 11.4 Å². The normalized spacial score (nSPS) is 11.6. The molecule has 0 aliphatic rings. The van der Waals surface area contributed by atoms with Crippen LogP contribution in [0.2, 0.25) is 5.02 Å². The number of hydrogen-bond donors (Lipinski definition) is 1. The maximum atomic E-state index is 13.2. The Morgan fingerprint density at radius 1 is 1.17 bits per heavy atom. The smallest absolute Gasteiger partial charge is 0.243 e. The van der Waals surface area contributed by atoms with Crippen molar-refractivity contribution in [3.63, 3.8) is 0 Å². The molecule has 0 saturated carbocycles. The Kier molecular flexibility index (Phi) is 9.58. The van der Waals surface area contributed by atoms with Crippen LogP contribution in [0.25, 0.3) is 0 Å². The van der Waals surface area contributed by atoms with Crippen LogP contribution in [0.5, 0.6) is 0 Å². The third kappa shape index (κ3) is 7.38. The Morgan fingerprint density at radius 2 is 1.86 bits per heavy atom. The second kappa shape index (κ2) is 11.7. The molecular formula is C20H24BrClN2O4S. The van der Waals surface area contributed by atoms with Crippen molar-refractivity contribution >= 4 is 43.5 Å². The van der Waals surface area contributed by atoms with Gasteiger partial charge in [-0.15, -0.1) is 0 Å². The molecular weight excluding hydrogens is 480 g/mol. The summed E-state index contributed by atoms with van der Waals surface area (Å²) in [5.41, 5.74) is 0.624. The monoisotopic (exact) mass is 502 g/mol. The van der Waals surface area contributed by atoms with Gasteiger partial charge in [0.1, 0.15) is 0 Å². The number of nitrogens with one attached hydrogen (secondary N) is 1. The van der Waals surface area contributed by atoms with Crippen LogP contribution in [0.3, 0.4) is 0 Å². The van der Waals surface area contributed by atoms with Crippen LogP contribution >= 0.6 is 27.5 Å². The first-order chi connectivity index (χ1) is 13.8. The number of nitrogens with zero attached hydrogens (tertiary/aromatic N) is 1. The molecule has 0 heterocycles. The Hall–Kier alpha value is -1.45. The largest absolute Gasteiger partial charge is 0.382 e. The molecule has 0 aromatic heterocycles. The van der Waals surface area contributed by atoms with E-state index < -0.39 is 10.0 Å². The lowest BCUT2D eigenvalue weighted by molar-refractivity contribution is -0.121. The molecule has 1 N–H and O–H groups in total. The summed E-state index contributed by atoms with van der Waals surface area (Å²) in [6.45, 7) is 3.15. The number of carbonyl (C=O) groups is 1. The molecule has 0 atom stereocenters. The molecule has 0 unspecified atom stereocenters. The number of amides is 1. The summed E-state index contributed by atoms with van der Waals surface area (Å²) in [7, 11) is -3.90. The zero-order valence-electron chi connectivity index (χ0n) is 16.1. The summed E-state index contributed by atoms with van der Waals surface area (Å²) >= 11 is 9.51. The number of carbonyl (C=O) groups excluding carboxylic acids is 1. The standard InChI is InChI=1S/C20H24BrClN2O4S/c1-2-28-13-5-12-23-20(25)15-24(14-16-6-3-4-7-19(16)22)29(26,27)18-10-8-17(21)9-11-18/h3-4,6-11H,2,5,12-15H2,1H3,(H,23,25). The molecule has 2 aromatic carbocycles. The van der Waals surface area contributed by atoms with E-state index in [2.05, 4.69) is 21.2 Å². The predicted molar refractivity (Wildman–Crippen MR) is 117 cm³/mol. The van der Waals surface area contributed by atoms with Gasteiger partial charge in [0.2, 0.25) is 15.9 Å². The summed E-state index contributed by atoms with van der Waals surface area (Å²) in [4.78, 5) is 12.5. The second-order valence-corrected chi connectivity index (χ2v) is 9.48. The third-order valence-electron chi connectivity index (χ3n) is 4.07. The first kappa shape index (κ1) is 23.8. The lowest BCUT2D eigenvalue weighted by Gasteiger charge is -2.22. The molecule has 158 valence electrons. The number of hydrogen-bond acceptors (Lipinski definition) is 4. The van der Waals surface area contributed by atoms with E-state index in [1.54, 1.807) is 36.4 Å². The molecule has 0 bridgehead atoms. The highest BCUT2D eigenvalue weighted by molar-refractivity contribution is 9.10. The molecule has 0 spiro atoms. The minimum atomic E-state index is -3.90. The maximum Gasteiger partial charge on any atom is 0.243 e. The van der Waals surface area contributed by atoms with E-state index in [0.29, 0.717) is 36.8 Å². The van der Waals surface area contributed by atoms with Gasteiger partial charge in [-0.05, 0) is 49.2 Å². The highest BCUT2D eigenvalue weighted by Crippen LogP contribution is 2.23. The highest BCUT2D eigenvalue weighted by atomic mass is 79.9. The van der Waals surface area contributed by atoms with Gasteiger partial charge in [0, 0.05) is 35.8 Å². The van der Waals surface area contributed by atoms with Crippen LogP contribution < -0.4 is 5.32 Å². The Bertz CT molecular complexity index is 907. The molecule has 29 heavy (non-hydrogen) atoms. The van der Waals surface area contributed by atoms with Gasteiger partial charge in [-0.2, -0.15) is 4.31 Å². The Balaban J connectivity index is 2.18. The number of rotatable bonds is 11. The topological polar surface area (TPSA) is 75.7 Å². The van der Waals surface area contributed by atoms with Crippen molar-refractivity contribution in [2.24, 2.45) is 0 Å². The van der Waals surface area contributed by atoms with Gasteiger partial charge in [-0.25, -0.2) is 8.42 Å². The van der Waals surface area contributed by atoms with Gasteiger partial charge in [0.25, 0.3) is 0 Å². The molecule has 0 aliphatic heterocycles. The fraction of sp³-hybridized carbons (Fsp3) is 0.350. The van der Waals surface area contributed by atoms with Crippen LogP contribution in [0, 0.1) is 0 Å². The number of benzene rings is 2. The van der Waals surface area contributed by atoms with E-state index >= 15 is 0 Å². The van der Waals surface area contributed by atoms with E-state index in [1.165, 1.54) is 12.1 Å². The second-order valence-electron chi connectivity index (χ2n) is 6.22. The summed E-state index contributed by atoms with van der Waals surface area (Å²) in [5, 5.41) is 3.18. The summed E-state index contributed by atoms with van der Waals surface area (Å²) in [6, 6.07) is 13.3. The minimum Gasteiger partial charge on any atom is -0.382 e. The molecule has 0 aliphatic carbocycles. The molecule has 0 saturated heterocycles. The molecule has 9 heteroatoms. The van der Waals surface area contributed by atoms with Crippen LogP contribution in [0.15, 0.2) is 57.9 Å². The van der Waals surface area contributed by atoms with Gasteiger partial charge in [-0.3, -0.25) is 4.79 Å². The third-order valence-corrected chi connectivity index (χ3v) is 6.77. The molecule has 0 fully saturated rings.